The second-order valence-corrected chi connectivity index (χ2v) is 3.99. The molecule has 0 saturated heterocycles. The first-order valence-corrected chi connectivity index (χ1v) is 5.50. The Kier molecular flexibility index (Phi) is 6.78. The quantitative estimate of drug-likeness (QED) is 0.510. The Morgan fingerprint density at radius 1 is 1.05 bits per heavy atom. The van der Waals surface area contributed by atoms with E-state index in [-0.39, 0.29) is 30.5 Å². The topological polar surface area (TPSA) is 104 Å². The van der Waals surface area contributed by atoms with Crippen molar-refractivity contribution in [3.63, 3.8) is 0 Å². The molecule has 0 amide bonds. The maximum Gasteiger partial charge on any atom is 0.280 e. The van der Waals surface area contributed by atoms with Gasteiger partial charge in [0.2, 0.25) is 0 Å². The molecule has 0 spiro atoms. The van der Waals surface area contributed by atoms with Gasteiger partial charge in [0, 0.05) is 16.9 Å². The SMILES string of the molecule is COc1ccc(-c2cc(N)ccc2N)c([N+](=O)[O-])c1.Cl.Cl. The Morgan fingerprint density at radius 2 is 1.71 bits per heavy atom. The standard InChI is InChI=1S/C13H13N3O3.2ClH/c1-19-9-3-4-10(13(7-9)16(17)18)11-6-8(14)2-5-12(11)15;;/h2-7H,14-15H2,1H3;2*1H. The molecule has 2 rings (SSSR count). The normalized spacial score (nSPS) is 9.19. The molecule has 0 atom stereocenters. The van der Waals surface area contributed by atoms with E-state index >= 15 is 0 Å². The number of nitro benzene ring substituents is 1. The Hall–Kier alpha value is -2.18. The van der Waals surface area contributed by atoms with Crippen molar-refractivity contribution in [3.8, 4) is 16.9 Å². The van der Waals surface area contributed by atoms with E-state index in [1.54, 1.807) is 30.3 Å². The van der Waals surface area contributed by atoms with E-state index in [0.717, 1.165) is 0 Å². The van der Waals surface area contributed by atoms with Gasteiger partial charge in [0.05, 0.1) is 23.7 Å². The molecular weight excluding hydrogens is 317 g/mol. The zero-order chi connectivity index (χ0) is 14.0. The van der Waals surface area contributed by atoms with E-state index in [9.17, 15) is 10.1 Å². The average Bonchev–Trinajstić information content (AvgIpc) is 2.40. The first-order valence-electron chi connectivity index (χ1n) is 5.50. The fourth-order valence-corrected chi connectivity index (χ4v) is 1.82. The first-order chi connectivity index (χ1) is 9.02. The molecule has 0 aliphatic heterocycles. The van der Waals surface area contributed by atoms with Crippen LogP contribution in [0, 0.1) is 10.1 Å². The first kappa shape index (κ1) is 18.8. The van der Waals surface area contributed by atoms with Crippen molar-refractivity contribution in [1.82, 2.24) is 0 Å². The van der Waals surface area contributed by atoms with E-state index in [2.05, 4.69) is 0 Å². The third-order valence-corrected chi connectivity index (χ3v) is 2.77. The third-order valence-electron chi connectivity index (χ3n) is 2.77. The molecule has 0 saturated carbocycles. The van der Waals surface area contributed by atoms with Gasteiger partial charge in [0.1, 0.15) is 5.75 Å². The zero-order valence-corrected chi connectivity index (χ0v) is 12.7. The molecule has 2 aromatic carbocycles. The van der Waals surface area contributed by atoms with Crippen LogP contribution >= 0.6 is 24.8 Å². The van der Waals surface area contributed by atoms with E-state index in [4.69, 9.17) is 16.2 Å². The maximum absolute atomic E-state index is 11.1. The summed E-state index contributed by atoms with van der Waals surface area (Å²) in [5.74, 6) is 0.415. The van der Waals surface area contributed by atoms with E-state index in [1.165, 1.54) is 13.2 Å². The van der Waals surface area contributed by atoms with Crippen LogP contribution in [0.5, 0.6) is 5.75 Å². The molecule has 0 aliphatic rings. The number of methoxy groups -OCH3 is 1. The van der Waals surface area contributed by atoms with Gasteiger partial charge in [0.25, 0.3) is 5.69 Å². The number of halogens is 2. The monoisotopic (exact) mass is 331 g/mol. The molecule has 0 aliphatic carbocycles. The van der Waals surface area contributed by atoms with E-state index in [0.29, 0.717) is 28.3 Å². The molecule has 6 nitrogen and oxygen atoms in total. The third kappa shape index (κ3) is 3.90. The van der Waals surface area contributed by atoms with Crippen LogP contribution < -0.4 is 16.2 Å². The highest BCUT2D eigenvalue weighted by molar-refractivity contribution is 5.86. The second kappa shape index (κ2) is 7.56. The molecule has 8 heteroatoms. The van der Waals surface area contributed by atoms with Crippen molar-refractivity contribution >= 4 is 41.9 Å². The van der Waals surface area contributed by atoms with Gasteiger partial charge < -0.3 is 16.2 Å². The zero-order valence-electron chi connectivity index (χ0n) is 11.1. The lowest BCUT2D eigenvalue weighted by atomic mass is 10.0. The van der Waals surface area contributed by atoms with Gasteiger partial charge in [-0.25, -0.2) is 0 Å². The van der Waals surface area contributed by atoms with Crippen molar-refractivity contribution in [3.05, 3.63) is 46.5 Å². The Balaban J connectivity index is 0.00000200. The second-order valence-electron chi connectivity index (χ2n) is 3.99. The van der Waals surface area contributed by atoms with Crippen LogP contribution in [0.15, 0.2) is 36.4 Å². The highest BCUT2D eigenvalue weighted by Crippen LogP contribution is 2.36. The summed E-state index contributed by atoms with van der Waals surface area (Å²) in [7, 11) is 1.45. The molecule has 0 unspecified atom stereocenters. The van der Waals surface area contributed by atoms with Crippen LogP contribution in [-0.4, -0.2) is 12.0 Å². The van der Waals surface area contributed by atoms with Crippen molar-refractivity contribution in [2.75, 3.05) is 18.6 Å². The minimum atomic E-state index is -0.472. The summed E-state index contributed by atoms with van der Waals surface area (Å²) >= 11 is 0. The van der Waals surface area contributed by atoms with Gasteiger partial charge in [-0.2, -0.15) is 0 Å². The van der Waals surface area contributed by atoms with E-state index in [1.807, 2.05) is 0 Å². The fourth-order valence-electron chi connectivity index (χ4n) is 1.82. The summed E-state index contributed by atoms with van der Waals surface area (Å²) in [6, 6.07) is 9.49. The van der Waals surface area contributed by atoms with Crippen LogP contribution in [0.2, 0.25) is 0 Å². The smallest absolute Gasteiger partial charge is 0.280 e. The van der Waals surface area contributed by atoms with Gasteiger partial charge in [-0.3, -0.25) is 10.1 Å². The lowest BCUT2D eigenvalue weighted by Crippen LogP contribution is -1.97. The molecule has 0 bridgehead atoms. The van der Waals surface area contributed by atoms with Gasteiger partial charge >= 0.3 is 0 Å². The minimum Gasteiger partial charge on any atom is -0.497 e. The van der Waals surface area contributed by atoms with Gasteiger partial charge in [-0.15, -0.1) is 24.8 Å². The lowest BCUT2D eigenvalue weighted by Gasteiger charge is -2.09. The van der Waals surface area contributed by atoms with Crippen LogP contribution in [0.25, 0.3) is 11.1 Å². The number of anilines is 2. The average molecular weight is 332 g/mol. The number of ether oxygens (including phenoxy) is 1. The molecule has 114 valence electrons. The number of hydrogen-bond acceptors (Lipinski definition) is 5. The Morgan fingerprint density at radius 3 is 2.29 bits per heavy atom. The highest BCUT2D eigenvalue weighted by Gasteiger charge is 2.18. The Bertz CT molecular complexity index is 651. The van der Waals surface area contributed by atoms with Crippen molar-refractivity contribution in [2.45, 2.75) is 0 Å². The van der Waals surface area contributed by atoms with Gasteiger partial charge in [-0.05, 0) is 30.3 Å². The van der Waals surface area contributed by atoms with E-state index < -0.39 is 4.92 Å². The maximum atomic E-state index is 11.1. The number of nitrogens with two attached hydrogens (primary N) is 2. The number of benzene rings is 2. The number of hydrogen-bond donors (Lipinski definition) is 2. The van der Waals surface area contributed by atoms with Crippen molar-refractivity contribution < 1.29 is 9.66 Å². The Labute approximate surface area is 134 Å². The summed E-state index contributed by atoms with van der Waals surface area (Å²) < 4.78 is 4.99. The lowest BCUT2D eigenvalue weighted by molar-refractivity contribution is -0.384. The number of rotatable bonds is 3. The fraction of sp³-hybridized carbons (Fsp3) is 0.0769. The number of nitrogens with zero attached hydrogens (tertiary/aromatic N) is 1. The number of nitrogen functional groups attached to an aromatic ring is 2. The largest absolute Gasteiger partial charge is 0.497 e. The molecule has 4 N–H and O–H groups in total. The predicted octanol–water partition coefficient (Wildman–Crippen LogP) is 3.28. The van der Waals surface area contributed by atoms with Gasteiger partial charge in [0.15, 0.2) is 0 Å². The molecule has 21 heavy (non-hydrogen) atoms. The molecule has 2 aromatic rings. The minimum absolute atomic E-state index is 0. The summed E-state index contributed by atoms with van der Waals surface area (Å²) in [5.41, 5.74) is 13.4. The number of nitro groups is 1. The van der Waals surface area contributed by atoms with Crippen LogP contribution in [0.3, 0.4) is 0 Å². The molecule has 0 radical (unpaired) electrons. The molecule has 0 heterocycles. The van der Waals surface area contributed by atoms with Crippen molar-refractivity contribution in [1.29, 1.82) is 0 Å². The van der Waals surface area contributed by atoms with Crippen LogP contribution in [0.4, 0.5) is 17.1 Å². The molecule has 0 fully saturated rings. The molecule has 0 aromatic heterocycles. The summed E-state index contributed by atoms with van der Waals surface area (Å²) in [5, 5.41) is 11.1. The summed E-state index contributed by atoms with van der Waals surface area (Å²) in [4.78, 5) is 10.7. The molecular formula is C13H15Cl2N3O3. The van der Waals surface area contributed by atoms with Crippen molar-refractivity contribution in [2.24, 2.45) is 0 Å². The van der Waals surface area contributed by atoms with Crippen LogP contribution in [-0.2, 0) is 0 Å². The highest BCUT2D eigenvalue weighted by atomic mass is 35.5. The summed E-state index contributed by atoms with van der Waals surface area (Å²) in [6.45, 7) is 0. The van der Waals surface area contributed by atoms with Crippen LogP contribution in [0.1, 0.15) is 0 Å². The predicted molar refractivity (Wildman–Crippen MR) is 88.4 cm³/mol. The van der Waals surface area contributed by atoms with Gasteiger partial charge in [-0.1, -0.05) is 0 Å². The summed E-state index contributed by atoms with van der Waals surface area (Å²) in [6.07, 6.45) is 0.